The van der Waals surface area contributed by atoms with Crippen molar-refractivity contribution >= 4 is 10.1 Å². The van der Waals surface area contributed by atoms with Crippen LogP contribution in [-0.2, 0) is 23.8 Å². The molecule has 0 radical (unpaired) electrons. The minimum atomic E-state index is -5.72. The minimum Gasteiger partial charge on any atom is -0.375 e. The van der Waals surface area contributed by atoms with E-state index < -0.39 is 27.2 Å². The second-order valence-corrected chi connectivity index (χ2v) is 6.14. The Kier molecular flexibility index (Phi) is 4.31. The predicted molar refractivity (Wildman–Crippen MR) is 61.9 cm³/mol. The highest BCUT2D eigenvalue weighted by Gasteiger charge is 2.52. The van der Waals surface area contributed by atoms with Gasteiger partial charge in [-0.05, 0) is 25.3 Å². The van der Waals surface area contributed by atoms with Crippen LogP contribution >= 0.6 is 0 Å². The Morgan fingerprint density at radius 1 is 1.15 bits per heavy atom. The van der Waals surface area contributed by atoms with Crippen LogP contribution in [0.2, 0.25) is 0 Å². The maximum atomic E-state index is 12.4. The summed E-state index contributed by atoms with van der Waals surface area (Å²) in [7, 11) is -5.72. The van der Waals surface area contributed by atoms with Crippen LogP contribution in [0.15, 0.2) is 11.8 Å². The van der Waals surface area contributed by atoms with E-state index in [-0.39, 0.29) is 19.6 Å². The Morgan fingerprint density at radius 3 is 2.40 bits per heavy atom. The van der Waals surface area contributed by atoms with Crippen molar-refractivity contribution < 1.29 is 35.2 Å². The molecular formula is C11H15F3O5S. The predicted octanol–water partition coefficient (Wildman–Crippen LogP) is 2.44. The van der Waals surface area contributed by atoms with Crippen molar-refractivity contribution in [1.82, 2.24) is 0 Å². The summed E-state index contributed by atoms with van der Waals surface area (Å²) in [6, 6.07) is 0. The summed E-state index contributed by atoms with van der Waals surface area (Å²) in [5.41, 5.74) is -5.48. The van der Waals surface area contributed by atoms with E-state index in [1.54, 1.807) is 0 Å². The van der Waals surface area contributed by atoms with E-state index in [9.17, 15) is 21.6 Å². The molecule has 1 spiro atoms. The Balaban J connectivity index is 2.29. The van der Waals surface area contributed by atoms with Crippen LogP contribution in [0.3, 0.4) is 0 Å². The molecule has 0 atom stereocenters. The van der Waals surface area contributed by atoms with Crippen molar-refractivity contribution in [2.24, 2.45) is 0 Å². The fraction of sp³-hybridized carbons (Fsp3) is 0.818. The second kappa shape index (κ2) is 5.53. The number of halogens is 3. The van der Waals surface area contributed by atoms with Crippen LogP contribution in [0.1, 0.15) is 32.1 Å². The molecule has 0 aromatic rings. The Labute approximate surface area is 114 Å². The van der Waals surface area contributed by atoms with E-state index in [2.05, 4.69) is 4.18 Å². The molecule has 9 heteroatoms. The summed E-state index contributed by atoms with van der Waals surface area (Å²) in [4.78, 5) is 0. The molecular weight excluding hydrogens is 301 g/mol. The third kappa shape index (κ3) is 3.09. The van der Waals surface area contributed by atoms with Gasteiger partial charge in [0.25, 0.3) is 0 Å². The van der Waals surface area contributed by atoms with Crippen LogP contribution in [-0.4, -0.2) is 32.9 Å². The van der Waals surface area contributed by atoms with E-state index >= 15 is 0 Å². The van der Waals surface area contributed by atoms with E-state index in [1.807, 2.05) is 0 Å². The number of hydrogen-bond donors (Lipinski definition) is 0. The highest BCUT2D eigenvalue weighted by atomic mass is 32.2. The lowest BCUT2D eigenvalue weighted by molar-refractivity contribution is -0.153. The summed E-state index contributed by atoms with van der Waals surface area (Å²) >= 11 is 0. The minimum absolute atomic E-state index is 0.187. The smallest absolute Gasteiger partial charge is 0.375 e. The third-order valence-electron chi connectivity index (χ3n) is 3.15. The number of rotatable bonds is 2. The quantitative estimate of drug-likeness (QED) is 0.578. The Hall–Kier alpha value is -0.800. The second-order valence-electron chi connectivity index (χ2n) is 4.60. The van der Waals surface area contributed by atoms with Gasteiger partial charge in [-0.2, -0.15) is 21.6 Å². The van der Waals surface area contributed by atoms with Gasteiger partial charge in [-0.1, -0.05) is 6.42 Å². The molecule has 116 valence electrons. The average Bonchev–Trinajstić information content (AvgIpc) is 2.78. The largest absolute Gasteiger partial charge is 0.534 e. The molecule has 1 fully saturated rings. The van der Waals surface area contributed by atoms with E-state index in [0.717, 1.165) is 12.8 Å². The van der Waals surface area contributed by atoms with Gasteiger partial charge in [0, 0.05) is 6.42 Å². The van der Waals surface area contributed by atoms with Gasteiger partial charge in [0.15, 0.2) is 5.76 Å². The van der Waals surface area contributed by atoms with Crippen LogP contribution < -0.4 is 0 Å². The summed E-state index contributed by atoms with van der Waals surface area (Å²) < 4.78 is 74.5. The lowest BCUT2D eigenvalue weighted by atomic mass is 10.00. The molecule has 1 heterocycles. The molecule has 0 aromatic carbocycles. The Morgan fingerprint density at radius 2 is 1.80 bits per heavy atom. The summed E-state index contributed by atoms with van der Waals surface area (Å²) in [5, 5.41) is 0. The first-order chi connectivity index (χ1) is 9.27. The average molecular weight is 316 g/mol. The SMILES string of the molecule is O=S(=O)(OC1=CCCCCCC12OCCO2)C(F)(F)F. The van der Waals surface area contributed by atoms with Gasteiger partial charge < -0.3 is 13.7 Å². The first-order valence-electron chi connectivity index (χ1n) is 6.26. The van der Waals surface area contributed by atoms with Crippen LogP contribution in [0.4, 0.5) is 13.2 Å². The van der Waals surface area contributed by atoms with E-state index in [1.165, 1.54) is 6.08 Å². The standard InChI is InChI=1S/C11H15F3O5S/c12-11(13,14)20(15,16)19-9-5-3-1-2-4-6-10(9)17-7-8-18-10/h5H,1-4,6-8H2. The summed E-state index contributed by atoms with van der Waals surface area (Å²) in [5.74, 6) is -1.91. The monoisotopic (exact) mass is 316 g/mol. The van der Waals surface area contributed by atoms with Gasteiger partial charge in [0.2, 0.25) is 5.79 Å². The fourth-order valence-electron chi connectivity index (χ4n) is 2.19. The van der Waals surface area contributed by atoms with Gasteiger partial charge in [-0.3, -0.25) is 0 Å². The summed E-state index contributed by atoms with van der Waals surface area (Å²) in [6.45, 7) is 0.375. The molecule has 0 bridgehead atoms. The third-order valence-corrected chi connectivity index (χ3v) is 4.12. The van der Waals surface area contributed by atoms with Gasteiger partial charge in [0.05, 0.1) is 13.2 Å². The van der Waals surface area contributed by atoms with Crippen molar-refractivity contribution in [3.05, 3.63) is 11.8 Å². The normalized spacial score (nSPS) is 24.1. The molecule has 0 amide bonds. The molecule has 0 aromatic heterocycles. The maximum Gasteiger partial charge on any atom is 0.534 e. The van der Waals surface area contributed by atoms with Gasteiger partial charge in [-0.25, -0.2) is 0 Å². The summed E-state index contributed by atoms with van der Waals surface area (Å²) in [6.07, 6.45) is 4.27. The molecule has 0 N–H and O–H groups in total. The van der Waals surface area contributed by atoms with E-state index in [4.69, 9.17) is 9.47 Å². The number of hydrogen-bond acceptors (Lipinski definition) is 5. The van der Waals surface area contributed by atoms with Crippen molar-refractivity contribution in [1.29, 1.82) is 0 Å². The molecule has 2 aliphatic rings. The Bertz CT molecular complexity index is 477. The molecule has 5 nitrogen and oxygen atoms in total. The first-order valence-corrected chi connectivity index (χ1v) is 7.67. The number of alkyl halides is 3. The van der Waals surface area contributed by atoms with Crippen LogP contribution in [0.5, 0.6) is 0 Å². The van der Waals surface area contributed by atoms with Crippen molar-refractivity contribution in [2.75, 3.05) is 13.2 Å². The van der Waals surface area contributed by atoms with Crippen molar-refractivity contribution in [2.45, 2.75) is 43.4 Å². The van der Waals surface area contributed by atoms with Crippen LogP contribution in [0, 0.1) is 0 Å². The number of allylic oxidation sites excluding steroid dienone is 1. The van der Waals surface area contributed by atoms with Gasteiger partial charge in [-0.15, -0.1) is 0 Å². The molecule has 20 heavy (non-hydrogen) atoms. The molecule has 2 rings (SSSR count). The van der Waals surface area contributed by atoms with Crippen molar-refractivity contribution in [3.8, 4) is 0 Å². The zero-order valence-electron chi connectivity index (χ0n) is 10.6. The molecule has 0 unspecified atom stereocenters. The molecule has 0 saturated carbocycles. The highest BCUT2D eigenvalue weighted by Crippen LogP contribution is 2.39. The highest BCUT2D eigenvalue weighted by molar-refractivity contribution is 7.87. The fourth-order valence-corrected chi connectivity index (χ4v) is 2.72. The zero-order valence-corrected chi connectivity index (χ0v) is 11.4. The number of ether oxygens (including phenoxy) is 2. The topological polar surface area (TPSA) is 61.8 Å². The first kappa shape index (κ1) is 15.6. The van der Waals surface area contributed by atoms with Gasteiger partial charge >= 0.3 is 15.6 Å². The molecule has 1 saturated heterocycles. The van der Waals surface area contributed by atoms with E-state index in [0.29, 0.717) is 12.8 Å². The van der Waals surface area contributed by atoms with Gasteiger partial charge in [0.1, 0.15) is 0 Å². The maximum absolute atomic E-state index is 12.4. The van der Waals surface area contributed by atoms with Crippen molar-refractivity contribution in [3.63, 3.8) is 0 Å². The molecule has 1 aliphatic heterocycles. The zero-order chi connectivity index (χ0) is 14.9. The van der Waals surface area contributed by atoms with Crippen LogP contribution in [0.25, 0.3) is 0 Å². The lowest BCUT2D eigenvalue weighted by Gasteiger charge is -2.30. The lowest BCUT2D eigenvalue weighted by Crippen LogP contribution is -2.37. The molecule has 1 aliphatic carbocycles.